The summed E-state index contributed by atoms with van der Waals surface area (Å²) in [5.41, 5.74) is 0. The van der Waals surface area contributed by atoms with E-state index in [-0.39, 0.29) is 0 Å². The van der Waals surface area contributed by atoms with E-state index in [1.165, 1.54) is 45.2 Å². The van der Waals surface area contributed by atoms with E-state index in [2.05, 4.69) is 14.8 Å². The van der Waals surface area contributed by atoms with E-state index in [1.807, 2.05) is 0 Å². The summed E-state index contributed by atoms with van der Waals surface area (Å²) < 4.78 is 0. The van der Waals surface area contributed by atoms with Crippen molar-refractivity contribution in [3.05, 3.63) is 10.0 Å². The molecule has 2 aliphatic rings. The maximum Gasteiger partial charge on any atom is 0.187 e. The molecule has 112 valence electrons. The van der Waals surface area contributed by atoms with Crippen molar-refractivity contribution < 1.29 is 0 Å². The van der Waals surface area contributed by atoms with E-state index in [0.717, 1.165) is 29.1 Å². The number of likely N-dealkylation sites (tertiary alicyclic amines) is 1. The molecule has 1 aromatic rings. The van der Waals surface area contributed by atoms with Gasteiger partial charge in [0.25, 0.3) is 0 Å². The number of halogens is 2. The van der Waals surface area contributed by atoms with Crippen LogP contribution in [0.15, 0.2) is 0 Å². The lowest BCUT2D eigenvalue weighted by Crippen LogP contribution is -2.46. The fraction of sp³-hybridized carbons (Fsp3) is 0.786. The first-order chi connectivity index (χ1) is 9.78. The molecule has 0 saturated carbocycles. The standard InChI is InChI=1S/C14H21Cl2N3S/c15-10-12-13(16)17-14(20-12)19-8-4-11(5-9-19)18-6-2-1-3-7-18/h11H,1-10H2. The summed E-state index contributed by atoms with van der Waals surface area (Å²) >= 11 is 13.6. The highest BCUT2D eigenvalue weighted by Gasteiger charge is 2.27. The highest BCUT2D eigenvalue weighted by molar-refractivity contribution is 7.16. The van der Waals surface area contributed by atoms with Gasteiger partial charge in [0.1, 0.15) is 5.15 Å². The van der Waals surface area contributed by atoms with Crippen molar-refractivity contribution in [2.45, 2.75) is 44.0 Å². The average molecular weight is 334 g/mol. The lowest BCUT2D eigenvalue weighted by atomic mass is 10.0. The number of piperidine rings is 2. The zero-order valence-corrected chi connectivity index (χ0v) is 14.0. The molecule has 3 rings (SSSR count). The Morgan fingerprint density at radius 3 is 2.40 bits per heavy atom. The second-order valence-corrected chi connectivity index (χ2v) is 7.35. The second kappa shape index (κ2) is 6.82. The monoisotopic (exact) mass is 333 g/mol. The highest BCUT2D eigenvalue weighted by atomic mass is 35.5. The minimum absolute atomic E-state index is 0.459. The SMILES string of the molecule is ClCc1sc(N2CCC(N3CCCCC3)CC2)nc1Cl. The van der Waals surface area contributed by atoms with Crippen LogP contribution >= 0.6 is 34.5 Å². The van der Waals surface area contributed by atoms with Gasteiger partial charge in [0, 0.05) is 19.1 Å². The van der Waals surface area contributed by atoms with E-state index in [1.54, 1.807) is 11.3 Å². The molecule has 2 aliphatic heterocycles. The molecule has 0 amide bonds. The van der Waals surface area contributed by atoms with Crippen LogP contribution in [-0.4, -0.2) is 42.1 Å². The van der Waals surface area contributed by atoms with Crippen molar-refractivity contribution in [1.29, 1.82) is 0 Å². The number of anilines is 1. The third kappa shape index (κ3) is 3.24. The molecular weight excluding hydrogens is 313 g/mol. The third-order valence-electron chi connectivity index (χ3n) is 4.40. The molecule has 0 N–H and O–H groups in total. The largest absolute Gasteiger partial charge is 0.348 e. The van der Waals surface area contributed by atoms with Gasteiger partial charge in [-0.25, -0.2) is 4.98 Å². The van der Waals surface area contributed by atoms with Crippen LogP contribution in [0.1, 0.15) is 37.0 Å². The molecule has 0 radical (unpaired) electrons. The van der Waals surface area contributed by atoms with Crippen molar-refractivity contribution in [3.8, 4) is 0 Å². The summed E-state index contributed by atoms with van der Waals surface area (Å²) in [5, 5.41) is 1.63. The van der Waals surface area contributed by atoms with Crippen LogP contribution in [0.2, 0.25) is 5.15 Å². The van der Waals surface area contributed by atoms with Gasteiger partial charge in [-0.2, -0.15) is 0 Å². The summed E-state index contributed by atoms with van der Waals surface area (Å²) in [6.45, 7) is 4.77. The van der Waals surface area contributed by atoms with Gasteiger partial charge in [0.05, 0.1) is 10.8 Å². The molecule has 0 spiro atoms. The Kier molecular flexibility index (Phi) is 5.08. The van der Waals surface area contributed by atoms with Crippen LogP contribution in [0.4, 0.5) is 5.13 Å². The van der Waals surface area contributed by atoms with Gasteiger partial charge in [0.2, 0.25) is 0 Å². The lowest BCUT2D eigenvalue weighted by molar-refractivity contribution is 0.141. The zero-order chi connectivity index (χ0) is 13.9. The molecule has 0 bridgehead atoms. The summed E-state index contributed by atoms with van der Waals surface area (Å²) in [4.78, 5) is 10.5. The first-order valence-corrected chi connectivity index (χ1v) is 9.21. The first kappa shape index (κ1) is 14.9. The second-order valence-electron chi connectivity index (χ2n) is 5.66. The Bertz CT molecular complexity index is 438. The number of aromatic nitrogens is 1. The number of nitrogens with zero attached hydrogens (tertiary/aromatic N) is 3. The smallest absolute Gasteiger partial charge is 0.187 e. The molecule has 2 fully saturated rings. The van der Waals surface area contributed by atoms with Crippen LogP contribution in [0.5, 0.6) is 0 Å². The average Bonchev–Trinajstić information content (AvgIpc) is 2.89. The fourth-order valence-corrected chi connectivity index (χ4v) is 4.77. The molecule has 0 aliphatic carbocycles. The maximum atomic E-state index is 6.09. The number of hydrogen-bond donors (Lipinski definition) is 0. The van der Waals surface area contributed by atoms with Gasteiger partial charge in [-0.05, 0) is 38.8 Å². The van der Waals surface area contributed by atoms with E-state index in [9.17, 15) is 0 Å². The normalized spacial score (nSPS) is 22.4. The van der Waals surface area contributed by atoms with Gasteiger partial charge in [-0.1, -0.05) is 29.4 Å². The minimum Gasteiger partial charge on any atom is -0.348 e. The predicted molar refractivity (Wildman–Crippen MR) is 87.3 cm³/mol. The molecule has 0 aromatic carbocycles. The summed E-state index contributed by atoms with van der Waals surface area (Å²) in [5.74, 6) is 0.459. The fourth-order valence-electron chi connectivity index (χ4n) is 3.24. The number of hydrogen-bond acceptors (Lipinski definition) is 4. The molecule has 1 aromatic heterocycles. The van der Waals surface area contributed by atoms with Crippen molar-refractivity contribution in [3.63, 3.8) is 0 Å². The summed E-state index contributed by atoms with van der Waals surface area (Å²) in [6, 6.07) is 0.773. The van der Waals surface area contributed by atoms with Gasteiger partial charge < -0.3 is 9.80 Å². The third-order valence-corrected chi connectivity index (χ3v) is 6.37. The maximum absolute atomic E-state index is 6.09. The van der Waals surface area contributed by atoms with Gasteiger partial charge >= 0.3 is 0 Å². The summed E-state index contributed by atoms with van der Waals surface area (Å²) in [7, 11) is 0. The van der Waals surface area contributed by atoms with Crippen LogP contribution < -0.4 is 4.90 Å². The van der Waals surface area contributed by atoms with Crippen molar-refractivity contribution in [2.75, 3.05) is 31.1 Å². The Balaban J connectivity index is 1.57. The van der Waals surface area contributed by atoms with Crippen molar-refractivity contribution in [1.82, 2.24) is 9.88 Å². The Morgan fingerprint density at radius 2 is 1.80 bits per heavy atom. The quantitative estimate of drug-likeness (QED) is 0.779. The lowest BCUT2D eigenvalue weighted by Gasteiger charge is -2.40. The van der Waals surface area contributed by atoms with E-state index in [0.29, 0.717) is 11.0 Å². The Hall–Kier alpha value is -0.0300. The highest BCUT2D eigenvalue weighted by Crippen LogP contribution is 2.33. The predicted octanol–water partition coefficient (Wildman–Crippen LogP) is 3.99. The number of alkyl halides is 1. The molecule has 0 unspecified atom stereocenters. The van der Waals surface area contributed by atoms with Crippen LogP contribution in [0, 0.1) is 0 Å². The van der Waals surface area contributed by atoms with Gasteiger partial charge in [-0.15, -0.1) is 11.6 Å². The molecule has 3 nitrogen and oxygen atoms in total. The Morgan fingerprint density at radius 1 is 1.10 bits per heavy atom. The molecule has 6 heteroatoms. The van der Waals surface area contributed by atoms with Crippen molar-refractivity contribution in [2.24, 2.45) is 0 Å². The topological polar surface area (TPSA) is 19.4 Å². The number of thiazole rings is 1. The van der Waals surface area contributed by atoms with Gasteiger partial charge in [-0.3, -0.25) is 0 Å². The van der Waals surface area contributed by atoms with E-state index in [4.69, 9.17) is 23.2 Å². The minimum atomic E-state index is 0.459. The zero-order valence-electron chi connectivity index (χ0n) is 11.7. The van der Waals surface area contributed by atoms with E-state index < -0.39 is 0 Å². The molecule has 3 heterocycles. The Labute approximate surface area is 134 Å². The first-order valence-electron chi connectivity index (χ1n) is 7.48. The molecule has 0 atom stereocenters. The summed E-state index contributed by atoms with van der Waals surface area (Å²) in [6.07, 6.45) is 6.65. The van der Waals surface area contributed by atoms with E-state index >= 15 is 0 Å². The van der Waals surface area contributed by atoms with Crippen LogP contribution in [0.25, 0.3) is 0 Å². The molecule has 20 heavy (non-hydrogen) atoms. The van der Waals surface area contributed by atoms with Gasteiger partial charge in [0.15, 0.2) is 5.13 Å². The number of rotatable bonds is 3. The van der Waals surface area contributed by atoms with Crippen molar-refractivity contribution >= 4 is 39.7 Å². The molecule has 2 saturated heterocycles. The molecular formula is C14H21Cl2N3S. The van der Waals surface area contributed by atoms with Crippen LogP contribution in [0.3, 0.4) is 0 Å². The van der Waals surface area contributed by atoms with Crippen LogP contribution in [-0.2, 0) is 5.88 Å².